The highest BCUT2D eigenvalue weighted by Gasteiger charge is 2.21. The molecule has 2 N–H and O–H groups in total. The number of pyridine rings is 1. The number of sulfonamides is 1. The third kappa shape index (κ3) is 4.97. The highest BCUT2D eigenvalue weighted by molar-refractivity contribution is 7.92. The van der Waals surface area contributed by atoms with Crippen molar-refractivity contribution in [2.75, 3.05) is 17.1 Å². The molecule has 0 aliphatic carbocycles. The molecule has 1 amide bonds. The van der Waals surface area contributed by atoms with Crippen LogP contribution in [0.15, 0.2) is 65.7 Å². The maximum Gasteiger partial charge on any atom is 0.263 e. The molecule has 0 unspecified atom stereocenters. The van der Waals surface area contributed by atoms with Gasteiger partial charge < -0.3 is 10.1 Å². The average molecular weight is 452 g/mol. The van der Waals surface area contributed by atoms with Gasteiger partial charge in [0.25, 0.3) is 15.9 Å². The number of carbonyl (C=O) groups excluding carboxylic acids is 1. The number of amides is 1. The molecule has 1 aromatic heterocycles. The highest BCUT2D eigenvalue weighted by atomic mass is 35.5. The van der Waals surface area contributed by atoms with E-state index in [9.17, 15) is 13.2 Å². The van der Waals surface area contributed by atoms with Gasteiger partial charge in [-0.3, -0.25) is 9.52 Å². The standard InChI is InChI=1S/C19H15Cl2N3O4S/c1-28-18-9-7-13(11-22-18)23-19(25)12-6-8-15(21)17(10-12)29(26,27)24-16-5-3-2-4-14(16)20/h2-11,24H,1H3,(H,23,25). The van der Waals surface area contributed by atoms with Crippen LogP contribution in [-0.2, 0) is 10.0 Å². The van der Waals surface area contributed by atoms with E-state index in [0.717, 1.165) is 0 Å². The van der Waals surface area contributed by atoms with Gasteiger partial charge in [0.2, 0.25) is 5.88 Å². The molecule has 0 saturated heterocycles. The minimum absolute atomic E-state index is 0.0350. The van der Waals surface area contributed by atoms with Gasteiger partial charge in [-0.15, -0.1) is 0 Å². The number of benzene rings is 2. The van der Waals surface area contributed by atoms with Crippen molar-refractivity contribution < 1.29 is 17.9 Å². The first-order valence-corrected chi connectivity index (χ1v) is 10.4. The Morgan fingerprint density at radius 3 is 2.45 bits per heavy atom. The average Bonchev–Trinajstić information content (AvgIpc) is 2.70. The van der Waals surface area contributed by atoms with Crippen LogP contribution in [0.25, 0.3) is 0 Å². The summed E-state index contributed by atoms with van der Waals surface area (Å²) < 4.78 is 32.9. The lowest BCUT2D eigenvalue weighted by molar-refractivity contribution is 0.102. The summed E-state index contributed by atoms with van der Waals surface area (Å²) in [4.78, 5) is 16.3. The molecule has 10 heteroatoms. The van der Waals surface area contributed by atoms with Crippen LogP contribution in [0, 0.1) is 0 Å². The number of nitrogens with one attached hydrogen (secondary N) is 2. The minimum Gasteiger partial charge on any atom is -0.481 e. The van der Waals surface area contributed by atoms with Crippen molar-refractivity contribution >= 4 is 50.5 Å². The number of anilines is 2. The zero-order valence-electron chi connectivity index (χ0n) is 15.0. The lowest BCUT2D eigenvalue weighted by Crippen LogP contribution is -2.16. The van der Waals surface area contributed by atoms with Crippen molar-refractivity contribution in [3.63, 3.8) is 0 Å². The maximum atomic E-state index is 12.8. The molecule has 0 aliphatic rings. The molecule has 0 atom stereocenters. The molecule has 0 radical (unpaired) electrons. The number of para-hydroxylation sites is 1. The van der Waals surface area contributed by atoms with Crippen LogP contribution >= 0.6 is 23.2 Å². The van der Waals surface area contributed by atoms with Crippen molar-refractivity contribution in [3.05, 3.63) is 76.4 Å². The number of hydrogen-bond acceptors (Lipinski definition) is 5. The molecule has 3 aromatic rings. The molecule has 0 spiro atoms. The molecule has 0 aliphatic heterocycles. The molecule has 3 rings (SSSR count). The maximum absolute atomic E-state index is 12.8. The molecule has 2 aromatic carbocycles. The van der Waals surface area contributed by atoms with Gasteiger partial charge in [0.05, 0.1) is 34.7 Å². The Kier molecular flexibility index (Phi) is 6.26. The van der Waals surface area contributed by atoms with E-state index in [4.69, 9.17) is 27.9 Å². The number of nitrogens with zero attached hydrogens (tertiary/aromatic N) is 1. The number of ether oxygens (including phenoxy) is 1. The molecule has 0 bridgehead atoms. The summed E-state index contributed by atoms with van der Waals surface area (Å²) in [5.41, 5.74) is 0.721. The van der Waals surface area contributed by atoms with E-state index in [1.165, 1.54) is 37.6 Å². The summed E-state index contributed by atoms with van der Waals surface area (Å²) in [7, 11) is -2.60. The van der Waals surface area contributed by atoms with Gasteiger partial charge in [0.1, 0.15) is 4.90 Å². The second-order valence-electron chi connectivity index (χ2n) is 5.77. The predicted molar refractivity (Wildman–Crippen MR) is 112 cm³/mol. The fourth-order valence-electron chi connectivity index (χ4n) is 2.37. The topological polar surface area (TPSA) is 97.4 Å². The third-order valence-corrected chi connectivity index (χ3v) is 5.98. The van der Waals surface area contributed by atoms with Crippen molar-refractivity contribution in [1.82, 2.24) is 4.98 Å². The zero-order chi connectivity index (χ0) is 21.0. The summed E-state index contributed by atoms with van der Waals surface area (Å²) in [6, 6.07) is 13.5. The van der Waals surface area contributed by atoms with Gasteiger partial charge in [0, 0.05) is 11.6 Å². The molecular weight excluding hydrogens is 437 g/mol. The number of rotatable bonds is 6. The van der Waals surface area contributed by atoms with Crippen LogP contribution in [-0.4, -0.2) is 26.4 Å². The van der Waals surface area contributed by atoms with Crippen LogP contribution in [0.4, 0.5) is 11.4 Å². The van der Waals surface area contributed by atoms with E-state index < -0.39 is 15.9 Å². The second-order valence-corrected chi connectivity index (χ2v) is 8.24. The lowest BCUT2D eigenvalue weighted by atomic mass is 10.2. The molecule has 0 saturated carbocycles. The normalized spacial score (nSPS) is 11.0. The van der Waals surface area contributed by atoms with Crippen LogP contribution < -0.4 is 14.8 Å². The highest BCUT2D eigenvalue weighted by Crippen LogP contribution is 2.28. The Morgan fingerprint density at radius 2 is 1.79 bits per heavy atom. The van der Waals surface area contributed by atoms with Crippen LogP contribution in [0.5, 0.6) is 5.88 Å². The Bertz CT molecular complexity index is 1150. The quantitative estimate of drug-likeness (QED) is 0.576. The molecular formula is C19H15Cl2N3O4S. The summed E-state index contributed by atoms with van der Waals surface area (Å²) in [5, 5.41) is 2.82. The van der Waals surface area contributed by atoms with Gasteiger partial charge in [-0.25, -0.2) is 13.4 Å². The minimum atomic E-state index is -4.08. The smallest absolute Gasteiger partial charge is 0.263 e. The number of carbonyl (C=O) groups is 1. The fourth-order valence-corrected chi connectivity index (χ4v) is 4.22. The molecule has 29 heavy (non-hydrogen) atoms. The molecule has 150 valence electrons. The second kappa shape index (κ2) is 8.69. The SMILES string of the molecule is COc1ccc(NC(=O)c2ccc(Cl)c(S(=O)(=O)Nc3ccccc3Cl)c2)cn1. The summed E-state index contributed by atoms with van der Waals surface area (Å²) in [6.07, 6.45) is 1.42. The van der Waals surface area contributed by atoms with Gasteiger partial charge in [0.15, 0.2) is 0 Å². The van der Waals surface area contributed by atoms with E-state index in [2.05, 4.69) is 15.0 Å². The first-order valence-electron chi connectivity index (χ1n) is 8.18. The first kappa shape index (κ1) is 20.9. The van der Waals surface area contributed by atoms with Crippen molar-refractivity contribution in [2.45, 2.75) is 4.90 Å². The van der Waals surface area contributed by atoms with Gasteiger partial charge >= 0.3 is 0 Å². The first-order chi connectivity index (χ1) is 13.8. The monoisotopic (exact) mass is 451 g/mol. The molecule has 1 heterocycles. The Labute approximate surface area is 177 Å². The van der Waals surface area contributed by atoms with Gasteiger partial charge in [-0.2, -0.15) is 0 Å². The summed E-state index contributed by atoms with van der Waals surface area (Å²) >= 11 is 12.1. The van der Waals surface area contributed by atoms with E-state index in [1.807, 2.05) is 0 Å². The van der Waals surface area contributed by atoms with Gasteiger partial charge in [-0.1, -0.05) is 35.3 Å². The van der Waals surface area contributed by atoms with E-state index in [1.54, 1.807) is 30.3 Å². The number of aromatic nitrogens is 1. The largest absolute Gasteiger partial charge is 0.481 e. The number of methoxy groups -OCH3 is 1. The fraction of sp³-hybridized carbons (Fsp3) is 0.0526. The molecule has 0 fully saturated rings. The van der Waals surface area contributed by atoms with E-state index in [0.29, 0.717) is 11.6 Å². The Hall–Kier alpha value is -2.81. The van der Waals surface area contributed by atoms with Crippen LogP contribution in [0.3, 0.4) is 0 Å². The van der Waals surface area contributed by atoms with Crippen molar-refractivity contribution in [1.29, 1.82) is 0 Å². The van der Waals surface area contributed by atoms with Crippen molar-refractivity contribution in [3.8, 4) is 5.88 Å². The number of hydrogen-bond donors (Lipinski definition) is 2. The lowest BCUT2D eigenvalue weighted by Gasteiger charge is -2.12. The van der Waals surface area contributed by atoms with Crippen LogP contribution in [0.2, 0.25) is 10.0 Å². The van der Waals surface area contributed by atoms with Crippen LogP contribution in [0.1, 0.15) is 10.4 Å². The molecule has 7 nitrogen and oxygen atoms in total. The van der Waals surface area contributed by atoms with E-state index in [-0.39, 0.29) is 26.2 Å². The summed E-state index contributed by atoms with van der Waals surface area (Å²) in [5.74, 6) is -0.128. The van der Waals surface area contributed by atoms with E-state index >= 15 is 0 Å². The third-order valence-electron chi connectivity index (χ3n) is 3.80. The predicted octanol–water partition coefficient (Wildman–Crippen LogP) is 4.45. The van der Waals surface area contributed by atoms with Crippen molar-refractivity contribution in [2.24, 2.45) is 0 Å². The van der Waals surface area contributed by atoms with Gasteiger partial charge in [-0.05, 0) is 36.4 Å². The Morgan fingerprint density at radius 1 is 1.03 bits per heavy atom. The Balaban J connectivity index is 1.86. The summed E-state index contributed by atoms with van der Waals surface area (Å²) in [6.45, 7) is 0. The number of halogens is 2. The zero-order valence-corrected chi connectivity index (χ0v) is 17.3.